The smallest absolute Gasteiger partial charge is 0.410 e. The number of nitrogens with zero attached hydrogens (tertiary/aromatic N) is 1. The molecule has 5 heteroatoms. The molecule has 0 spiro atoms. The molecule has 3 atom stereocenters. The van der Waals surface area contributed by atoms with Crippen molar-refractivity contribution in [2.45, 2.75) is 52.0 Å². The Hall–Kier alpha value is -0.840. The van der Waals surface area contributed by atoms with Crippen molar-refractivity contribution >= 4 is 6.09 Å². The molecule has 1 saturated heterocycles. The molecule has 4 nitrogen and oxygen atoms in total. The molecule has 0 aromatic heterocycles. The zero-order valence-corrected chi connectivity index (χ0v) is 10.9. The van der Waals surface area contributed by atoms with E-state index in [4.69, 9.17) is 4.74 Å². The van der Waals surface area contributed by atoms with Crippen LogP contribution in [0.15, 0.2) is 0 Å². The Bertz CT molecular complexity index is 275. The lowest BCUT2D eigenvalue weighted by atomic mass is 10.00. The lowest BCUT2D eigenvalue weighted by molar-refractivity contribution is 0.0269. The van der Waals surface area contributed by atoms with Gasteiger partial charge < -0.3 is 14.7 Å². The molecule has 0 aromatic carbocycles. The Labute approximate surface area is 102 Å². The monoisotopic (exact) mass is 247 g/mol. The van der Waals surface area contributed by atoms with Crippen molar-refractivity contribution in [3.05, 3.63) is 0 Å². The molecule has 0 radical (unpaired) electrons. The van der Waals surface area contributed by atoms with E-state index < -0.39 is 24.0 Å². The third-order valence-electron chi connectivity index (χ3n) is 2.69. The van der Waals surface area contributed by atoms with Crippen LogP contribution in [0.25, 0.3) is 0 Å². The Kier molecular flexibility index (Phi) is 4.36. The zero-order valence-electron chi connectivity index (χ0n) is 10.9. The summed E-state index contributed by atoms with van der Waals surface area (Å²) in [5.41, 5.74) is -0.548. The second kappa shape index (κ2) is 5.21. The molecule has 1 N–H and O–H groups in total. The number of aliphatic hydroxyl groups is 1. The number of amides is 1. The van der Waals surface area contributed by atoms with Crippen LogP contribution in [0.1, 0.15) is 34.1 Å². The van der Waals surface area contributed by atoms with Crippen molar-refractivity contribution in [2.75, 3.05) is 13.1 Å². The number of hydrogen-bond donors (Lipinski definition) is 1. The summed E-state index contributed by atoms with van der Waals surface area (Å²) in [6.07, 6.45) is -1.78. The number of carbonyl (C=O) groups excluding carboxylic acids is 1. The van der Waals surface area contributed by atoms with Crippen LogP contribution in [-0.2, 0) is 4.74 Å². The van der Waals surface area contributed by atoms with E-state index in [1.165, 1.54) is 11.8 Å². The molecule has 3 unspecified atom stereocenters. The Balaban J connectivity index is 2.51. The fraction of sp³-hybridized carbons (Fsp3) is 0.917. The van der Waals surface area contributed by atoms with Crippen LogP contribution in [0.4, 0.5) is 9.18 Å². The maximum atomic E-state index is 12.9. The molecule has 1 aliphatic rings. The van der Waals surface area contributed by atoms with Crippen LogP contribution < -0.4 is 0 Å². The van der Waals surface area contributed by atoms with Gasteiger partial charge in [0.25, 0.3) is 0 Å². The van der Waals surface area contributed by atoms with Gasteiger partial charge >= 0.3 is 6.09 Å². The lowest BCUT2D eigenvalue weighted by Crippen LogP contribution is -2.35. The summed E-state index contributed by atoms with van der Waals surface area (Å²) in [4.78, 5) is 13.2. The zero-order chi connectivity index (χ0) is 13.2. The Morgan fingerprint density at radius 1 is 1.53 bits per heavy atom. The summed E-state index contributed by atoms with van der Waals surface area (Å²) in [7, 11) is 0. The van der Waals surface area contributed by atoms with Crippen LogP contribution in [-0.4, -0.2) is 47.1 Å². The van der Waals surface area contributed by atoms with Crippen LogP contribution in [0, 0.1) is 5.92 Å². The van der Waals surface area contributed by atoms with E-state index in [1.54, 1.807) is 20.8 Å². The van der Waals surface area contributed by atoms with Crippen molar-refractivity contribution in [1.29, 1.82) is 0 Å². The van der Waals surface area contributed by atoms with E-state index >= 15 is 0 Å². The summed E-state index contributed by atoms with van der Waals surface area (Å²) in [5.74, 6) is -0.192. The molecule has 100 valence electrons. The van der Waals surface area contributed by atoms with Crippen molar-refractivity contribution in [3.8, 4) is 0 Å². The molecule has 1 rings (SSSR count). The van der Waals surface area contributed by atoms with Gasteiger partial charge in [-0.3, -0.25) is 0 Å². The highest BCUT2D eigenvalue weighted by molar-refractivity contribution is 5.68. The second-order valence-corrected chi connectivity index (χ2v) is 5.73. The highest BCUT2D eigenvalue weighted by Gasteiger charge is 2.36. The number of carbonyl (C=O) groups is 1. The first-order valence-electron chi connectivity index (χ1n) is 5.99. The van der Waals surface area contributed by atoms with Gasteiger partial charge in [-0.15, -0.1) is 0 Å². The first kappa shape index (κ1) is 14.2. The number of β-amino-alcohol motifs (C(OH)–C–C–N with tert-alkyl or cyclic N) is 1. The number of hydrogen-bond acceptors (Lipinski definition) is 3. The number of likely N-dealkylation sites (tertiary alicyclic amines) is 1. The van der Waals surface area contributed by atoms with Gasteiger partial charge in [0, 0.05) is 12.5 Å². The van der Waals surface area contributed by atoms with Gasteiger partial charge in [-0.05, 0) is 34.1 Å². The Morgan fingerprint density at radius 2 is 2.12 bits per heavy atom. The quantitative estimate of drug-likeness (QED) is 0.811. The fourth-order valence-electron chi connectivity index (χ4n) is 1.98. The van der Waals surface area contributed by atoms with E-state index in [0.29, 0.717) is 6.54 Å². The summed E-state index contributed by atoms with van der Waals surface area (Å²) in [6.45, 7) is 7.43. The number of rotatable bonds is 2. The van der Waals surface area contributed by atoms with E-state index in [9.17, 15) is 14.3 Å². The Morgan fingerprint density at radius 3 is 2.59 bits per heavy atom. The summed E-state index contributed by atoms with van der Waals surface area (Å²) in [6, 6.07) is 0. The van der Waals surface area contributed by atoms with Gasteiger partial charge in [0.05, 0.1) is 18.8 Å². The largest absolute Gasteiger partial charge is 0.444 e. The van der Waals surface area contributed by atoms with Crippen molar-refractivity contribution < 1.29 is 19.0 Å². The summed E-state index contributed by atoms with van der Waals surface area (Å²) in [5, 5.41) is 9.74. The number of halogens is 1. The standard InChI is InChI=1S/C12H22FNO3/c1-8(13)5-9-6-14(7-10(9)15)11(16)17-12(2,3)4/h8-10,15H,5-7H2,1-4H3. The maximum Gasteiger partial charge on any atom is 0.410 e. The molecule has 0 aromatic rings. The first-order valence-corrected chi connectivity index (χ1v) is 5.99. The molecule has 1 fully saturated rings. The predicted octanol–water partition coefficient (Wildman–Crippen LogP) is 1.96. The van der Waals surface area contributed by atoms with Crippen molar-refractivity contribution in [3.63, 3.8) is 0 Å². The normalized spacial score (nSPS) is 27.1. The minimum Gasteiger partial charge on any atom is -0.444 e. The van der Waals surface area contributed by atoms with E-state index in [1.807, 2.05) is 0 Å². The SMILES string of the molecule is CC(F)CC1CN(C(=O)OC(C)(C)C)CC1O. The second-order valence-electron chi connectivity index (χ2n) is 5.73. The van der Waals surface area contributed by atoms with Gasteiger partial charge in [0.1, 0.15) is 5.60 Å². The molecule has 0 saturated carbocycles. The number of alkyl halides is 1. The maximum absolute atomic E-state index is 12.9. The summed E-state index contributed by atoms with van der Waals surface area (Å²) >= 11 is 0. The molecule has 1 amide bonds. The van der Waals surface area contributed by atoms with Gasteiger partial charge in [-0.2, -0.15) is 0 Å². The predicted molar refractivity (Wildman–Crippen MR) is 62.5 cm³/mol. The molecule has 0 aliphatic carbocycles. The van der Waals surface area contributed by atoms with Crippen molar-refractivity contribution in [2.24, 2.45) is 5.92 Å². The van der Waals surface area contributed by atoms with E-state index in [2.05, 4.69) is 0 Å². The van der Waals surface area contributed by atoms with Crippen LogP contribution >= 0.6 is 0 Å². The van der Waals surface area contributed by atoms with Crippen LogP contribution in [0.5, 0.6) is 0 Å². The number of aliphatic hydroxyl groups excluding tert-OH is 1. The fourth-order valence-corrected chi connectivity index (χ4v) is 1.98. The average Bonchev–Trinajstić information content (AvgIpc) is 2.44. The van der Waals surface area contributed by atoms with E-state index in [-0.39, 0.29) is 18.9 Å². The van der Waals surface area contributed by atoms with Gasteiger partial charge in [-0.25, -0.2) is 9.18 Å². The first-order chi connectivity index (χ1) is 7.69. The average molecular weight is 247 g/mol. The van der Waals surface area contributed by atoms with Gasteiger partial charge in [-0.1, -0.05) is 0 Å². The minimum absolute atomic E-state index is 0.192. The third-order valence-corrected chi connectivity index (χ3v) is 2.69. The molecular formula is C12H22FNO3. The molecule has 1 aliphatic heterocycles. The van der Waals surface area contributed by atoms with Gasteiger partial charge in [0.2, 0.25) is 0 Å². The highest BCUT2D eigenvalue weighted by Crippen LogP contribution is 2.24. The third kappa shape index (κ3) is 4.50. The van der Waals surface area contributed by atoms with Crippen LogP contribution in [0.3, 0.4) is 0 Å². The topological polar surface area (TPSA) is 49.8 Å². The minimum atomic E-state index is -0.965. The summed E-state index contributed by atoms with van der Waals surface area (Å²) < 4.78 is 18.1. The number of ether oxygens (including phenoxy) is 1. The molecule has 1 heterocycles. The van der Waals surface area contributed by atoms with E-state index in [0.717, 1.165) is 0 Å². The molecular weight excluding hydrogens is 225 g/mol. The molecule has 17 heavy (non-hydrogen) atoms. The lowest BCUT2D eigenvalue weighted by Gasteiger charge is -2.24. The van der Waals surface area contributed by atoms with Gasteiger partial charge in [0.15, 0.2) is 0 Å². The van der Waals surface area contributed by atoms with Crippen molar-refractivity contribution in [1.82, 2.24) is 4.90 Å². The highest BCUT2D eigenvalue weighted by atomic mass is 19.1. The molecule has 0 bridgehead atoms. The van der Waals surface area contributed by atoms with Crippen LogP contribution in [0.2, 0.25) is 0 Å².